The van der Waals surface area contributed by atoms with E-state index in [2.05, 4.69) is 13.8 Å². The molecule has 0 saturated carbocycles. The third-order valence-corrected chi connectivity index (χ3v) is 3.24. The van der Waals surface area contributed by atoms with Gasteiger partial charge in [0.25, 0.3) is 0 Å². The monoisotopic (exact) mass is 227 g/mol. The standard InChI is InChI=1S/C12H25N3O/c1-10-5-4-6-15(9-10)12(16)14(3)8-11(2)7-13/h10-11H,4-9,13H2,1-3H3. The van der Waals surface area contributed by atoms with Crippen LogP contribution in [-0.2, 0) is 0 Å². The maximum absolute atomic E-state index is 12.1. The van der Waals surface area contributed by atoms with Gasteiger partial charge in [0.05, 0.1) is 0 Å². The number of carbonyl (C=O) groups is 1. The number of piperidine rings is 1. The Morgan fingerprint density at radius 2 is 2.31 bits per heavy atom. The van der Waals surface area contributed by atoms with Gasteiger partial charge >= 0.3 is 6.03 Å². The molecule has 94 valence electrons. The fourth-order valence-electron chi connectivity index (χ4n) is 2.22. The number of hydrogen-bond donors (Lipinski definition) is 1. The van der Waals surface area contributed by atoms with Crippen LogP contribution in [0.5, 0.6) is 0 Å². The Morgan fingerprint density at radius 1 is 1.62 bits per heavy atom. The number of nitrogens with zero attached hydrogens (tertiary/aromatic N) is 2. The van der Waals surface area contributed by atoms with Crippen molar-refractivity contribution in [2.75, 3.05) is 33.2 Å². The molecule has 2 unspecified atom stereocenters. The second-order valence-corrected chi connectivity index (χ2v) is 5.20. The number of nitrogens with two attached hydrogens (primary N) is 1. The fourth-order valence-corrected chi connectivity index (χ4v) is 2.22. The van der Waals surface area contributed by atoms with Crippen LogP contribution in [0.25, 0.3) is 0 Å². The van der Waals surface area contributed by atoms with Crippen molar-refractivity contribution in [3.8, 4) is 0 Å². The predicted molar refractivity (Wildman–Crippen MR) is 66.2 cm³/mol. The summed E-state index contributed by atoms with van der Waals surface area (Å²) in [7, 11) is 1.87. The molecule has 0 bridgehead atoms. The van der Waals surface area contributed by atoms with Crippen molar-refractivity contribution in [1.82, 2.24) is 9.80 Å². The van der Waals surface area contributed by atoms with Crippen molar-refractivity contribution in [3.05, 3.63) is 0 Å². The van der Waals surface area contributed by atoms with Crippen LogP contribution in [0.1, 0.15) is 26.7 Å². The Bertz CT molecular complexity index is 232. The van der Waals surface area contributed by atoms with E-state index in [-0.39, 0.29) is 6.03 Å². The molecule has 0 aliphatic carbocycles. The molecule has 2 atom stereocenters. The van der Waals surface area contributed by atoms with E-state index < -0.39 is 0 Å². The van der Waals surface area contributed by atoms with Crippen LogP contribution in [0, 0.1) is 11.8 Å². The van der Waals surface area contributed by atoms with Crippen molar-refractivity contribution < 1.29 is 4.79 Å². The van der Waals surface area contributed by atoms with Crippen molar-refractivity contribution in [2.45, 2.75) is 26.7 Å². The van der Waals surface area contributed by atoms with Gasteiger partial charge in [-0.3, -0.25) is 0 Å². The van der Waals surface area contributed by atoms with E-state index >= 15 is 0 Å². The molecule has 0 aromatic rings. The van der Waals surface area contributed by atoms with Gasteiger partial charge in [-0.05, 0) is 31.2 Å². The minimum absolute atomic E-state index is 0.159. The summed E-state index contributed by atoms with van der Waals surface area (Å²) in [4.78, 5) is 15.9. The molecule has 2 amide bonds. The van der Waals surface area contributed by atoms with E-state index in [1.807, 2.05) is 11.9 Å². The summed E-state index contributed by atoms with van der Waals surface area (Å²) in [5, 5.41) is 0. The minimum Gasteiger partial charge on any atom is -0.330 e. The number of carbonyl (C=O) groups excluding carboxylic acids is 1. The van der Waals surface area contributed by atoms with Gasteiger partial charge in [0.2, 0.25) is 0 Å². The van der Waals surface area contributed by atoms with Crippen molar-refractivity contribution in [1.29, 1.82) is 0 Å². The number of rotatable bonds is 3. The summed E-state index contributed by atoms with van der Waals surface area (Å²) in [6.07, 6.45) is 2.37. The van der Waals surface area contributed by atoms with Crippen LogP contribution in [0.3, 0.4) is 0 Å². The van der Waals surface area contributed by atoms with Crippen LogP contribution < -0.4 is 5.73 Å². The van der Waals surface area contributed by atoms with E-state index in [1.54, 1.807) is 4.90 Å². The summed E-state index contributed by atoms with van der Waals surface area (Å²) in [5.41, 5.74) is 5.57. The molecule has 0 spiro atoms. The first kappa shape index (κ1) is 13.3. The summed E-state index contributed by atoms with van der Waals surface area (Å²) in [5.74, 6) is 1.01. The Hall–Kier alpha value is -0.770. The molecule has 0 aromatic carbocycles. The van der Waals surface area contributed by atoms with E-state index in [1.165, 1.54) is 6.42 Å². The molecular weight excluding hydrogens is 202 g/mol. The van der Waals surface area contributed by atoms with Gasteiger partial charge in [-0.1, -0.05) is 13.8 Å². The van der Waals surface area contributed by atoms with Gasteiger partial charge in [-0.15, -0.1) is 0 Å². The number of likely N-dealkylation sites (tertiary alicyclic amines) is 1. The summed E-state index contributed by atoms with van der Waals surface area (Å²) < 4.78 is 0. The zero-order valence-electron chi connectivity index (χ0n) is 10.8. The van der Waals surface area contributed by atoms with E-state index in [4.69, 9.17) is 5.73 Å². The predicted octanol–water partition coefficient (Wildman–Crippen LogP) is 1.36. The highest BCUT2D eigenvalue weighted by molar-refractivity contribution is 5.74. The third-order valence-electron chi connectivity index (χ3n) is 3.24. The number of urea groups is 1. The molecule has 0 radical (unpaired) electrons. The lowest BCUT2D eigenvalue weighted by Crippen LogP contribution is -2.47. The van der Waals surface area contributed by atoms with Crippen LogP contribution in [0.4, 0.5) is 4.79 Å². The van der Waals surface area contributed by atoms with Gasteiger partial charge < -0.3 is 15.5 Å². The molecule has 2 N–H and O–H groups in total. The maximum Gasteiger partial charge on any atom is 0.319 e. The van der Waals surface area contributed by atoms with Crippen LogP contribution in [0.2, 0.25) is 0 Å². The third kappa shape index (κ3) is 3.67. The molecule has 4 nitrogen and oxygen atoms in total. The van der Waals surface area contributed by atoms with E-state index in [9.17, 15) is 4.79 Å². The zero-order valence-corrected chi connectivity index (χ0v) is 10.8. The maximum atomic E-state index is 12.1. The van der Waals surface area contributed by atoms with Gasteiger partial charge in [0.15, 0.2) is 0 Å². The Morgan fingerprint density at radius 3 is 2.88 bits per heavy atom. The van der Waals surface area contributed by atoms with Crippen molar-refractivity contribution in [2.24, 2.45) is 17.6 Å². The lowest BCUT2D eigenvalue weighted by molar-refractivity contribution is 0.135. The van der Waals surface area contributed by atoms with E-state index in [0.29, 0.717) is 18.4 Å². The first-order valence-electron chi connectivity index (χ1n) is 6.24. The second kappa shape index (κ2) is 6.09. The fraction of sp³-hybridized carbons (Fsp3) is 0.917. The molecule has 1 fully saturated rings. The van der Waals surface area contributed by atoms with Gasteiger partial charge in [0.1, 0.15) is 0 Å². The number of amides is 2. The summed E-state index contributed by atoms with van der Waals surface area (Å²) in [6.45, 7) is 7.48. The van der Waals surface area contributed by atoms with Crippen molar-refractivity contribution >= 4 is 6.03 Å². The highest BCUT2D eigenvalue weighted by Crippen LogP contribution is 2.16. The van der Waals surface area contributed by atoms with E-state index in [0.717, 1.165) is 26.1 Å². The first-order chi connectivity index (χ1) is 7.54. The lowest BCUT2D eigenvalue weighted by atomic mass is 10.0. The quantitative estimate of drug-likeness (QED) is 0.791. The molecule has 1 aliphatic rings. The van der Waals surface area contributed by atoms with Crippen LogP contribution in [0.15, 0.2) is 0 Å². The topological polar surface area (TPSA) is 49.6 Å². The van der Waals surface area contributed by atoms with Crippen LogP contribution >= 0.6 is 0 Å². The van der Waals surface area contributed by atoms with Gasteiger partial charge in [-0.2, -0.15) is 0 Å². The van der Waals surface area contributed by atoms with Crippen LogP contribution in [-0.4, -0.2) is 49.1 Å². The molecule has 16 heavy (non-hydrogen) atoms. The highest BCUT2D eigenvalue weighted by atomic mass is 16.2. The first-order valence-corrected chi connectivity index (χ1v) is 6.24. The Kier molecular flexibility index (Phi) is 5.06. The molecule has 1 rings (SSSR count). The molecule has 1 saturated heterocycles. The summed E-state index contributed by atoms with van der Waals surface area (Å²) in [6, 6.07) is 0.159. The summed E-state index contributed by atoms with van der Waals surface area (Å²) >= 11 is 0. The zero-order chi connectivity index (χ0) is 12.1. The minimum atomic E-state index is 0.159. The molecule has 1 heterocycles. The SMILES string of the molecule is CC(CN)CN(C)C(=O)N1CCCC(C)C1. The molecule has 0 aromatic heterocycles. The molecular formula is C12H25N3O. The average Bonchev–Trinajstić information content (AvgIpc) is 2.27. The molecule has 4 heteroatoms. The Balaban J connectivity index is 2.43. The van der Waals surface area contributed by atoms with Gasteiger partial charge in [0, 0.05) is 26.7 Å². The lowest BCUT2D eigenvalue weighted by Gasteiger charge is -2.34. The highest BCUT2D eigenvalue weighted by Gasteiger charge is 2.23. The number of hydrogen-bond acceptors (Lipinski definition) is 2. The van der Waals surface area contributed by atoms with Gasteiger partial charge in [-0.25, -0.2) is 4.79 Å². The normalized spacial score (nSPS) is 23.0. The molecule has 1 aliphatic heterocycles. The smallest absolute Gasteiger partial charge is 0.319 e. The van der Waals surface area contributed by atoms with Crippen molar-refractivity contribution in [3.63, 3.8) is 0 Å². The second-order valence-electron chi connectivity index (χ2n) is 5.20. The Labute approximate surface area is 98.8 Å². The average molecular weight is 227 g/mol. The largest absolute Gasteiger partial charge is 0.330 e.